The van der Waals surface area contributed by atoms with Gasteiger partial charge in [0.15, 0.2) is 11.0 Å². The lowest BCUT2D eigenvalue weighted by atomic mass is 10.1. The van der Waals surface area contributed by atoms with Crippen molar-refractivity contribution in [2.75, 3.05) is 11.1 Å². The summed E-state index contributed by atoms with van der Waals surface area (Å²) in [5, 5.41) is 12.4. The lowest BCUT2D eigenvalue weighted by molar-refractivity contribution is -0.113. The summed E-state index contributed by atoms with van der Waals surface area (Å²) in [6, 6.07) is 13.1. The molecule has 1 amide bonds. The first kappa shape index (κ1) is 20.2. The van der Waals surface area contributed by atoms with Crippen molar-refractivity contribution < 1.29 is 9.53 Å². The normalized spacial score (nSPS) is 10.7. The van der Waals surface area contributed by atoms with Crippen molar-refractivity contribution in [3.8, 4) is 5.75 Å². The molecule has 0 saturated carbocycles. The molecule has 1 N–H and O–H groups in total. The lowest BCUT2D eigenvalue weighted by Crippen LogP contribution is -2.14. The van der Waals surface area contributed by atoms with Crippen molar-refractivity contribution in [2.45, 2.75) is 25.6 Å². The van der Waals surface area contributed by atoms with Gasteiger partial charge in [-0.2, -0.15) is 0 Å². The highest BCUT2D eigenvalue weighted by Crippen LogP contribution is 2.20. The van der Waals surface area contributed by atoms with Crippen LogP contribution >= 0.6 is 23.4 Å². The summed E-state index contributed by atoms with van der Waals surface area (Å²) in [6.07, 6.45) is 0. The first-order valence-electron chi connectivity index (χ1n) is 8.68. The van der Waals surface area contributed by atoms with Gasteiger partial charge in [-0.05, 0) is 61.4 Å². The molecule has 0 aliphatic carbocycles. The fourth-order valence-corrected chi connectivity index (χ4v) is 3.48. The third kappa shape index (κ3) is 5.50. The molecule has 0 bridgehead atoms. The molecule has 3 rings (SSSR count). The van der Waals surface area contributed by atoms with Crippen LogP contribution in [-0.4, -0.2) is 26.4 Å². The zero-order chi connectivity index (χ0) is 20.1. The van der Waals surface area contributed by atoms with Gasteiger partial charge in [-0.3, -0.25) is 4.79 Å². The molecule has 8 heteroatoms. The summed E-state index contributed by atoms with van der Waals surface area (Å²) in [4.78, 5) is 12.1. The molecule has 6 nitrogen and oxygen atoms in total. The van der Waals surface area contributed by atoms with Gasteiger partial charge in [0.2, 0.25) is 5.91 Å². The highest BCUT2D eigenvalue weighted by molar-refractivity contribution is 7.99. The first-order valence-corrected chi connectivity index (χ1v) is 10.0. The van der Waals surface area contributed by atoms with Crippen molar-refractivity contribution in [3.63, 3.8) is 0 Å². The average Bonchev–Trinajstić information content (AvgIpc) is 2.99. The molecule has 0 atom stereocenters. The minimum absolute atomic E-state index is 0.122. The van der Waals surface area contributed by atoms with E-state index in [2.05, 4.69) is 21.6 Å². The highest BCUT2D eigenvalue weighted by atomic mass is 35.5. The number of rotatable bonds is 7. The Bertz CT molecular complexity index is 953. The molecule has 28 heavy (non-hydrogen) atoms. The Morgan fingerprint density at radius 2 is 1.82 bits per heavy atom. The van der Waals surface area contributed by atoms with E-state index in [1.807, 2.05) is 37.6 Å². The molecule has 0 fully saturated rings. The van der Waals surface area contributed by atoms with E-state index in [1.165, 1.54) is 11.8 Å². The van der Waals surface area contributed by atoms with Crippen LogP contribution in [0.15, 0.2) is 47.6 Å². The summed E-state index contributed by atoms with van der Waals surface area (Å²) >= 11 is 7.16. The molecular formula is C20H21ClN4O2S. The summed E-state index contributed by atoms with van der Waals surface area (Å²) in [6.45, 7) is 4.38. The number of carbonyl (C=O) groups excluding carboxylic acids is 1. The van der Waals surface area contributed by atoms with Crippen LogP contribution in [-0.2, 0) is 18.4 Å². The number of hydrogen-bond acceptors (Lipinski definition) is 5. The summed E-state index contributed by atoms with van der Waals surface area (Å²) in [7, 11) is 1.86. The molecule has 146 valence electrons. The standard InChI is InChI=1S/C20H21ClN4O2S/c1-13-8-14(2)10-17(9-13)27-11-18-23-24-20(25(18)3)28-12-19(26)22-16-6-4-15(21)5-7-16/h4-10H,11-12H2,1-3H3,(H,22,26). The highest BCUT2D eigenvalue weighted by Gasteiger charge is 2.12. The average molecular weight is 417 g/mol. The van der Waals surface area contributed by atoms with E-state index in [0.29, 0.717) is 28.3 Å². The summed E-state index contributed by atoms with van der Waals surface area (Å²) < 4.78 is 7.68. The number of ether oxygens (including phenoxy) is 1. The van der Waals surface area contributed by atoms with E-state index >= 15 is 0 Å². The number of hydrogen-bond donors (Lipinski definition) is 1. The second-order valence-electron chi connectivity index (χ2n) is 6.41. The molecule has 0 saturated heterocycles. The second-order valence-corrected chi connectivity index (χ2v) is 7.79. The van der Waals surface area contributed by atoms with Crippen LogP contribution in [0.2, 0.25) is 5.02 Å². The maximum Gasteiger partial charge on any atom is 0.234 e. The summed E-state index contributed by atoms with van der Waals surface area (Å²) in [5.74, 6) is 1.60. The SMILES string of the molecule is Cc1cc(C)cc(OCc2nnc(SCC(=O)Nc3ccc(Cl)cc3)n2C)c1. The number of aryl methyl sites for hydroxylation is 2. The Morgan fingerprint density at radius 1 is 1.14 bits per heavy atom. The number of benzene rings is 2. The predicted molar refractivity (Wildman–Crippen MR) is 112 cm³/mol. The molecule has 0 radical (unpaired) electrons. The van der Waals surface area contributed by atoms with Crippen molar-refractivity contribution in [3.05, 3.63) is 64.4 Å². The Balaban J connectivity index is 1.53. The number of carbonyl (C=O) groups is 1. The molecule has 3 aromatic rings. The number of nitrogens with one attached hydrogen (secondary N) is 1. The van der Waals surface area contributed by atoms with E-state index in [-0.39, 0.29) is 11.7 Å². The smallest absolute Gasteiger partial charge is 0.234 e. The first-order chi connectivity index (χ1) is 13.4. The molecule has 0 spiro atoms. The van der Waals surface area contributed by atoms with Crippen LogP contribution in [0.1, 0.15) is 17.0 Å². The number of anilines is 1. The maximum absolute atomic E-state index is 12.1. The van der Waals surface area contributed by atoms with Crippen LogP contribution in [0.5, 0.6) is 5.75 Å². The third-order valence-corrected chi connectivity index (χ3v) is 5.22. The predicted octanol–water partition coefficient (Wildman–Crippen LogP) is 4.40. The minimum Gasteiger partial charge on any atom is -0.486 e. The van der Waals surface area contributed by atoms with Gasteiger partial charge in [0.05, 0.1) is 5.75 Å². The van der Waals surface area contributed by atoms with E-state index in [1.54, 1.807) is 24.3 Å². The zero-order valence-electron chi connectivity index (χ0n) is 15.9. The van der Waals surface area contributed by atoms with Gasteiger partial charge in [-0.15, -0.1) is 10.2 Å². The molecule has 0 aliphatic rings. The summed E-state index contributed by atoms with van der Waals surface area (Å²) in [5.41, 5.74) is 3.00. The van der Waals surface area contributed by atoms with Crippen molar-refractivity contribution in [1.82, 2.24) is 14.8 Å². The van der Waals surface area contributed by atoms with Gasteiger partial charge < -0.3 is 14.6 Å². The van der Waals surface area contributed by atoms with Gasteiger partial charge in [0.1, 0.15) is 12.4 Å². The van der Waals surface area contributed by atoms with Gasteiger partial charge in [-0.1, -0.05) is 29.4 Å². The fraction of sp³-hybridized carbons (Fsp3) is 0.250. The van der Waals surface area contributed by atoms with Crippen LogP contribution < -0.4 is 10.1 Å². The number of nitrogens with zero attached hydrogens (tertiary/aromatic N) is 3. The fourth-order valence-electron chi connectivity index (χ4n) is 2.62. The van der Waals surface area contributed by atoms with Gasteiger partial charge in [-0.25, -0.2) is 0 Å². The van der Waals surface area contributed by atoms with Crippen LogP contribution in [0.25, 0.3) is 0 Å². The van der Waals surface area contributed by atoms with Gasteiger partial charge >= 0.3 is 0 Å². The van der Waals surface area contributed by atoms with E-state index in [9.17, 15) is 4.79 Å². The van der Waals surface area contributed by atoms with Gasteiger partial charge in [0.25, 0.3) is 0 Å². The number of amides is 1. The largest absolute Gasteiger partial charge is 0.486 e. The Hall–Kier alpha value is -2.51. The Kier molecular flexibility index (Phi) is 6.59. The molecule has 0 unspecified atom stereocenters. The minimum atomic E-state index is -0.122. The number of halogens is 1. The quantitative estimate of drug-likeness (QED) is 0.578. The zero-order valence-corrected chi connectivity index (χ0v) is 17.5. The van der Waals surface area contributed by atoms with Crippen molar-refractivity contribution >= 4 is 35.0 Å². The van der Waals surface area contributed by atoms with Crippen LogP contribution in [0, 0.1) is 13.8 Å². The molecular weight excluding hydrogens is 396 g/mol. The monoisotopic (exact) mass is 416 g/mol. The van der Waals surface area contributed by atoms with Gasteiger partial charge in [0, 0.05) is 17.8 Å². The maximum atomic E-state index is 12.1. The Morgan fingerprint density at radius 3 is 2.50 bits per heavy atom. The van der Waals surface area contributed by atoms with Crippen LogP contribution in [0.4, 0.5) is 5.69 Å². The van der Waals surface area contributed by atoms with E-state index < -0.39 is 0 Å². The third-order valence-electron chi connectivity index (χ3n) is 3.95. The van der Waals surface area contributed by atoms with E-state index in [4.69, 9.17) is 16.3 Å². The second kappa shape index (κ2) is 9.12. The molecule has 0 aliphatic heterocycles. The van der Waals surface area contributed by atoms with E-state index in [0.717, 1.165) is 16.9 Å². The lowest BCUT2D eigenvalue weighted by Gasteiger charge is -2.08. The number of thioether (sulfide) groups is 1. The molecule has 1 heterocycles. The van der Waals surface area contributed by atoms with Crippen molar-refractivity contribution in [1.29, 1.82) is 0 Å². The molecule has 1 aromatic heterocycles. The van der Waals surface area contributed by atoms with Crippen LogP contribution in [0.3, 0.4) is 0 Å². The Labute approximate surface area is 173 Å². The number of aromatic nitrogens is 3. The molecule has 2 aromatic carbocycles. The topological polar surface area (TPSA) is 69.0 Å². The van der Waals surface area contributed by atoms with Crippen molar-refractivity contribution in [2.24, 2.45) is 7.05 Å².